The summed E-state index contributed by atoms with van der Waals surface area (Å²) in [6.45, 7) is 3.16. The van der Waals surface area contributed by atoms with E-state index >= 15 is 0 Å². The Kier molecular flexibility index (Phi) is 4.76. The van der Waals surface area contributed by atoms with E-state index in [-0.39, 0.29) is 6.04 Å². The van der Waals surface area contributed by atoms with Crippen LogP contribution >= 0.6 is 11.3 Å². The Morgan fingerprint density at radius 2 is 1.91 bits per heavy atom. The van der Waals surface area contributed by atoms with Crippen LogP contribution in [-0.2, 0) is 12.8 Å². The van der Waals surface area contributed by atoms with Gasteiger partial charge in [-0.2, -0.15) is 0 Å². The topological polar surface area (TPSA) is 44.8 Å². The third kappa shape index (κ3) is 3.21. The summed E-state index contributed by atoms with van der Waals surface area (Å²) in [6, 6.07) is 23.6. The van der Waals surface area contributed by atoms with Crippen LogP contribution in [0.1, 0.15) is 34.0 Å². The summed E-state index contributed by atoms with van der Waals surface area (Å²) in [5, 5.41) is 1.35. The normalized spacial score (nSPS) is 15.8. The van der Waals surface area contributed by atoms with Crippen molar-refractivity contribution in [2.45, 2.75) is 25.8 Å². The first kappa shape index (κ1) is 19.3. The lowest BCUT2D eigenvalue weighted by atomic mass is 9.96. The highest BCUT2D eigenvalue weighted by molar-refractivity contribution is 7.12. The van der Waals surface area contributed by atoms with Crippen LogP contribution in [-0.4, -0.2) is 21.5 Å². The number of nitrogens with one attached hydrogen (secondary N) is 1. The Balaban J connectivity index is 1.45. The monoisotopic (exact) mass is 436 g/mol. The van der Waals surface area contributed by atoms with Gasteiger partial charge in [0.1, 0.15) is 11.9 Å². The molecule has 0 saturated carbocycles. The van der Waals surface area contributed by atoms with E-state index in [2.05, 4.69) is 70.3 Å². The molecule has 1 aliphatic rings. The molecule has 1 unspecified atom stereocenters. The van der Waals surface area contributed by atoms with E-state index in [0.717, 1.165) is 36.5 Å². The molecule has 0 radical (unpaired) electrons. The van der Waals surface area contributed by atoms with Crippen molar-refractivity contribution >= 4 is 28.1 Å². The van der Waals surface area contributed by atoms with Crippen molar-refractivity contribution in [2.24, 2.45) is 0 Å². The van der Waals surface area contributed by atoms with Gasteiger partial charge in [0.05, 0.1) is 5.69 Å². The molecule has 0 spiro atoms. The second kappa shape index (κ2) is 7.92. The van der Waals surface area contributed by atoms with Gasteiger partial charge in [-0.15, -0.1) is 11.3 Å². The molecule has 0 aliphatic carbocycles. The Morgan fingerprint density at radius 1 is 1.00 bits per heavy atom. The lowest BCUT2D eigenvalue weighted by molar-refractivity contribution is 0.643. The lowest BCUT2D eigenvalue weighted by Crippen LogP contribution is -2.36. The Labute approximate surface area is 191 Å². The number of H-pyrrole nitrogens is 1. The fourth-order valence-corrected chi connectivity index (χ4v) is 5.83. The number of nitrogens with zero attached hydrogens (tertiary/aromatic N) is 3. The maximum atomic E-state index is 4.88. The number of hydrogen-bond acceptors (Lipinski definition) is 4. The van der Waals surface area contributed by atoms with E-state index in [1.807, 2.05) is 41.9 Å². The van der Waals surface area contributed by atoms with Gasteiger partial charge < -0.3 is 9.88 Å². The van der Waals surface area contributed by atoms with Crippen molar-refractivity contribution < 1.29 is 0 Å². The standard InChI is InChI=1S/C27H24N4S/c1-2-19-11-12-24(32-19)27-26-21(20-7-3-4-9-23(20)30-26)14-16-31(27)25-13-10-18(17-29-25)22-8-5-6-15-28-22/h3-13,15,17,27,30H,2,14,16H2,1H3. The van der Waals surface area contributed by atoms with Gasteiger partial charge in [0, 0.05) is 50.9 Å². The predicted molar refractivity (Wildman–Crippen MR) is 132 cm³/mol. The van der Waals surface area contributed by atoms with E-state index in [0.29, 0.717) is 0 Å². The highest BCUT2D eigenvalue weighted by Gasteiger charge is 2.33. The molecule has 4 nitrogen and oxygen atoms in total. The number of thiophene rings is 1. The van der Waals surface area contributed by atoms with Gasteiger partial charge in [0.15, 0.2) is 0 Å². The minimum Gasteiger partial charge on any atom is -0.356 e. The molecule has 0 saturated heterocycles. The number of aromatic nitrogens is 3. The van der Waals surface area contributed by atoms with Gasteiger partial charge in [0.2, 0.25) is 0 Å². The van der Waals surface area contributed by atoms with Crippen molar-refractivity contribution in [1.82, 2.24) is 15.0 Å². The smallest absolute Gasteiger partial charge is 0.129 e. The van der Waals surface area contributed by atoms with Crippen molar-refractivity contribution in [3.8, 4) is 11.3 Å². The molecule has 0 bridgehead atoms. The third-order valence-corrected chi connectivity index (χ3v) is 7.62. The zero-order chi connectivity index (χ0) is 21.5. The zero-order valence-electron chi connectivity index (χ0n) is 18.0. The van der Waals surface area contributed by atoms with Crippen LogP contribution < -0.4 is 4.90 Å². The van der Waals surface area contributed by atoms with Crippen molar-refractivity contribution in [3.05, 3.63) is 100 Å². The SMILES string of the molecule is CCc1ccc(C2c3[nH]c4ccccc4c3CCN2c2ccc(-c3ccccn3)cn2)s1. The van der Waals surface area contributed by atoms with Crippen LogP contribution in [0.3, 0.4) is 0 Å². The van der Waals surface area contributed by atoms with Crippen LogP contribution in [0.5, 0.6) is 0 Å². The molecule has 0 fully saturated rings. The largest absolute Gasteiger partial charge is 0.356 e. The van der Waals surface area contributed by atoms with Gasteiger partial charge in [-0.3, -0.25) is 4.98 Å². The molecule has 0 amide bonds. The Hall–Kier alpha value is -3.44. The number of benzene rings is 1. The molecule has 4 aromatic heterocycles. The number of pyridine rings is 2. The minimum atomic E-state index is 0.143. The maximum absolute atomic E-state index is 4.88. The molecule has 158 valence electrons. The summed E-state index contributed by atoms with van der Waals surface area (Å²) in [5.41, 5.74) is 5.95. The van der Waals surface area contributed by atoms with Gasteiger partial charge in [-0.25, -0.2) is 4.98 Å². The molecule has 5 aromatic rings. The van der Waals surface area contributed by atoms with Crippen LogP contribution in [0.2, 0.25) is 0 Å². The summed E-state index contributed by atoms with van der Waals surface area (Å²) in [4.78, 5) is 18.3. The van der Waals surface area contributed by atoms with Crippen LogP contribution in [0.4, 0.5) is 5.82 Å². The number of aryl methyl sites for hydroxylation is 1. The molecule has 32 heavy (non-hydrogen) atoms. The first-order valence-corrected chi connectivity index (χ1v) is 12.0. The summed E-state index contributed by atoms with van der Waals surface area (Å²) in [5.74, 6) is 1.01. The third-order valence-electron chi connectivity index (χ3n) is 6.34. The average molecular weight is 437 g/mol. The van der Waals surface area contributed by atoms with E-state index in [9.17, 15) is 0 Å². The molecule has 1 aliphatic heterocycles. The van der Waals surface area contributed by atoms with Crippen LogP contribution in [0.25, 0.3) is 22.2 Å². The van der Waals surface area contributed by atoms with Crippen LogP contribution in [0, 0.1) is 0 Å². The van der Waals surface area contributed by atoms with E-state index in [4.69, 9.17) is 4.98 Å². The van der Waals surface area contributed by atoms with Crippen LogP contribution in [0.15, 0.2) is 79.1 Å². The summed E-state index contributed by atoms with van der Waals surface area (Å²) in [6.07, 6.45) is 5.84. The number of hydrogen-bond donors (Lipinski definition) is 1. The van der Waals surface area contributed by atoms with Gasteiger partial charge in [-0.05, 0) is 60.9 Å². The number of aromatic amines is 1. The van der Waals surface area contributed by atoms with E-state index in [1.165, 1.54) is 31.9 Å². The molecule has 6 rings (SSSR count). The van der Waals surface area contributed by atoms with Gasteiger partial charge >= 0.3 is 0 Å². The minimum absolute atomic E-state index is 0.143. The molecule has 1 aromatic carbocycles. The summed E-state index contributed by atoms with van der Waals surface area (Å²) >= 11 is 1.91. The van der Waals surface area contributed by atoms with E-state index in [1.54, 1.807) is 0 Å². The second-order valence-corrected chi connectivity index (χ2v) is 9.39. The fourth-order valence-electron chi connectivity index (χ4n) is 4.76. The molecular weight excluding hydrogens is 412 g/mol. The first-order valence-electron chi connectivity index (χ1n) is 11.1. The van der Waals surface area contributed by atoms with Gasteiger partial charge in [0.25, 0.3) is 0 Å². The first-order chi connectivity index (χ1) is 15.8. The summed E-state index contributed by atoms with van der Waals surface area (Å²) < 4.78 is 0. The molecule has 5 heterocycles. The maximum Gasteiger partial charge on any atom is 0.129 e. The Morgan fingerprint density at radius 3 is 2.69 bits per heavy atom. The highest BCUT2D eigenvalue weighted by Crippen LogP contribution is 2.42. The van der Waals surface area contributed by atoms with Gasteiger partial charge in [-0.1, -0.05) is 31.2 Å². The van der Waals surface area contributed by atoms with E-state index < -0.39 is 0 Å². The highest BCUT2D eigenvalue weighted by atomic mass is 32.1. The molecular formula is C27H24N4S. The fraction of sp³-hybridized carbons (Fsp3) is 0.185. The number of fused-ring (bicyclic) bond motifs is 3. The summed E-state index contributed by atoms with van der Waals surface area (Å²) in [7, 11) is 0. The predicted octanol–water partition coefficient (Wildman–Crippen LogP) is 6.40. The van der Waals surface area contributed by atoms with Crippen molar-refractivity contribution in [2.75, 3.05) is 11.4 Å². The number of rotatable bonds is 4. The average Bonchev–Trinajstić information content (AvgIpc) is 3.49. The quantitative estimate of drug-likeness (QED) is 0.354. The molecule has 1 atom stereocenters. The number of anilines is 1. The van der Waals surface area contributed by atoms with Crippen molar-refractivity contribution in [3.63, 3.8) is 0 Å². The van der Waals surface area contributed by atoms with Crippen molar-refractivity contribution in [1.29, 1.82) is 0 Å². The zero-order valence-corrected chi connectivity index (χ0v) is 18.8. The molecule has 1 N–H and O–H groups in total. The Bertz CT molecular complexity index is 1370. The second-order valence-electron chi connectivity index (χ2n) is 8.19. The molecule has 5 heteroatoms. The lowest BCUT2D eigenvalue weighted by Gasteiger charge is -2.36. The number of para-hydroxylation sites is 1.